The summed E-state index contributed by atoms with van der Waals surface area (Å²) in [6, 6.07) is 18.2. The fourth-order valence-corrected chi connectivity index (χ4v) is 5.92. The van der Waals surface area contributed by atoms with Crippen molar-refractivity contribution in [3.63, 3.8) is 0 Å². The van der Waals surface area contributed by atoms with Crippen LogP contribution in [0.4, 0.5) is 5.82 Å². The molecule has 36 heavy (non-hydrogen) atoms. The van der Waals surface area contributed by atoms with Gasteiger partial charge in [-0.15, -0.1) is 0 Å². The predicted octanol–water partition coefficient (Wildman–Crippen LogP) is 5.95. The maximum atomic E-state index is 13.7. The lowest BCUT2D eigenvalue weighted by Gasteiger charge is -2.38. The summed E-state index contributed by atoms with van der Waals surface area (Å²) in [5.41, 5.74) is 5.44. The molecule has 2 aliphatic rings. The summed E-state index contributed by atoms with van der Waals surface area (Å²) in [6.07, 6.45) is 4.94. The van der Waals surface area contributed by atoms with E-state index in [0.29, 0.717) is 24.2 Å². The van der Waals surface area contributed by atoms with Crippen LogP contribution in [0.2, 0.25) is 0 Å². The summed E-state index contributed by atoms with van der Waals surface area (Å²) >= 11 is 3.38. The van der Waals surface area contributed by atoms with Crippen LogP contribution in [0.15, 0.2) is 88.3 Å². The number of carbonyl (C=O) groups excluding carboxylic acids is 2. The Morgan fingerprint density at radius 3 is 2.69 bits per heavy atom. The molecule has 2 aromatic carbocycles. The molecule has 2 unspecified atom stereocenters. The summed E-state index contributed by atoms with van der Waals surface area (Å²) < 4.78 is 3.01. The second-order valence-electron chi connectivity index (χ2n) is 9.45. The number of hydrogen-bond acceptors (Lipinski definition) is 4. The van der Waals surface area contributed by atoms with E-state index < -0.39 is 11.8 Å². The quantitative estimate of drug-likeness (QED) is 0.336. The summed E-state index contributed by atoms with van der Waals surface area (Å²) in [5, 5.41) is 8.59. The molecule has 2 N–H and O–H groups in total. The molecule has 6 rings (SSSR count). The number of hydrogen-bond donors (Lipinski definition) is 2. The van der Waals surface area contributed by atoms with Crippen molar-refractivity contribution in [2.75, 3.05) is 5.32 Å². The molecule has 3 heterocycles. The number of pyridine rings is 1. The number of carbonyl (C=O) groups is 2. The largest absolute Gasteiger partial charge is 0.362 e. The number of ketones is 1. The zero-order valence-electron chi connectivity index (χ0n) is 20.0. The van der Waals surface area contributed by atoms with Gasteiger partial charge in [0.15, 0.2) is 0 Å². The number of halogens is 1. The molecule has 0 radical (unpaired) electrons. The van der Waals surface area contributed by atoms with Crippen molar-refractivity contribution in [2.24, 2.45) is 13.0 Å². The van der Waals surface area contributed by atoms with E-state index in [-0.39, 0.29) is 11.7 Å². The van der Waals surface area contributed by atoms with E-state index in [4.69, 9.17) is 0 Å². The highest BCUT2D eigenvalue weighted by atomic mass is 79.9. The van der Waals surface area contributed by atoms with E-state index in [9.17, 15) is 9.59 Å². The molecular formula is C29H25BrN4O2. The van der Waals surface area contributed by atoms with E-state index in [2.05, 4.69) is 79.6 Å². The van der Waals surface area contributed by atoms with Gasteiger partial charge in [0.1, 0.15) is 11.6 Å². The van der Waals surface area contributed by atoms with E-state index in [1.54, 1.807) is 12.3 Å². The highest BCUT2D eigenvalue weighted by Crippen LogP contribution is 2.45. The van der Waals surface area contributed by atoms with E-state index in [1.807, 2.05) is 25.1 Å². The normalized spacial score (nSPS) is 19.8. The molecule has 0 bridgehead atoms. The van der Waals surface area contributed by atoms with Crippen molar-refractivity contribution in [1.29, 1.82) is 0 Å². The third-order valence-corrected chi connectivity index (χ3v) is 7.80. The molecule has 1 aliphatic heterocycles. The van der Waals surface area contributed by atoms with E-state index >= 15 is 0 Å². The number of amides is 1. The van der Waals surface area contributed by atoms with Crippen LogP contribution in [0.5, 0.6) is 0 Å². The van der Waals surface area contributed by atoms with Gasteiger partial charge in [0, 0.05) is 68.8 Å². The number of nitrogens with zero attached hydrogens (tertiary/aromatic N) is 2. The Morgan fingerprint density at radius 2 is 1.89 bits per heavy atom. The maximum absolute atomic E-state index is 13.7. The number of aromatic nitrogens is 2. The maximum Gasteiger partial charge on any atom is 0.255 e. The molecule has 6 nitrogen and oxygen atoms in total. The van der Waals surface area contributed by atoms with E-state index in [1.165, 1.54) is 0 Å². The second-order valence-corrected chi connectivity index (χ2v) is 10.4. The standard InChI is InChI=1S/C29H25BrN4O2/c1-16-26(29(36)33-25-13-11-18(30)15-31-25)27(28-21(32-16)7-5-9-24(28)35)17-10-12-23-20(14-17)19-6-3-4-8-22(19)34(23)2/h3-4,6-8,10-15,27-28,32H,5,9H2,1-2H3,(H,31,33,36). The highest BCUT2D eigenvalue weighted by molar-refractivity contribution is 9.10. The minimum Gasteiger partial charge on any atom is -0.362 e. The van der Waals surface area contributed by atoms with Gasteiger partial charge in [0.05, 0.1) is 5.92 Å². The summed E-state index contributed by atoms with van der Waals surface area (Å²) in [5.74, 6) is -0.460. The minimum absolute atomic E-state index is 0.155. The van der Waals surface area contributed by atoms with Crippen molar-refractivity contribution in [3.8, 4) is 0 Å². The molecule has 2 aromatic heterocycles. The number of para-hydroxylation sites is 1. The summed E-state index contributed by atoms with van der Waals surface area (Å²) in [6.45, 7) is 1.91. The first-order valence-corrected chi connectivity index (χ1v) is 12.8. The van der Waals surface area contributed by atoms with Crippen molar-refractivity contribution in [2.45, 2.75) is 25.7 Å². The minimum atomic E-state index is -0.423. The predicted molar refractivity (Wildman–Crippen MR) is 145 cm³/mol. The number of nitrogens with one attached hydrogen (secondary N) is 2. The SMILES string of the molecule is CC1=C(C(=O)Nc2ccc(Br)cn2)C(c2ccc3c(c2)c2ccccc2n3C)C2C(=O)CCC=C2N1. The molecule has 0 saturated heterocycles. The molecule has 7 heteroatoms. The Labute approximate surface area is 217 Å². The smallest absolute Gasteiger partial charge is 0.255 e. The van der Waals surface area contributed by atoms with Crippen LogP contribution >= 0.6 is 15.9 Å². The van der Waals surface area contributed by atoms with Gasteiger partial charge in [0.25, 0.3) is 5.91 Å². The first-order valence-electron chi connectivity index (χ1n) is 12.0. The van der Waals surface area contributed by atoms with Gasteiger partial charge in [-0.3, -0.25) is 9.59 Å². The lowest BCUT2D eigenvalue weighted by atomic mass is 9.70. The van der Waals surface area contributed by atoms with Crippen molar-refractivity contribution in [1.82, 2.24) is 14.9 Å². The van der Waals surface area contributed by atoms with Crippen LogP contribution in [0.3, 0.4) is 0 Å². The second kappa shape index (κ2) is 8.75. The van der Waals surface area contributed by atoms with Gasteiger partial charge in [-0.1, -0.05) is 30.3 Å². The third-order valence-electron chi connectivity index (χ3n) is 7.33. The number of Topliss-reactive ketones (excluding diaryl/α,β-unsaturated/α-hetero) is 1. The van der Waals surface area contributed by atoms with Crippen LogP contribution in [0, 0.1) is 5.92 Å². The lowest BCUT2D eigenvalue weighted by molar-refractivity contribution is -0.122. The number of benzene rings is 2. The molecule has 4 aromatic rings. The third kappa shape index (κ3) is 3.66. The zero-order chi connectivity index (χ0) is 25.0. The molecule has 0 saturated carbocycles. The fraction of sp³-hybridized carbons (Fsp3) is 0.207. The Morgan fingerprint density at radius 1 is 1.08 bits per heavy atom. The molecule has 2 atom stereocenters. The molecule has 1 aliphatic carbocycles. The van der Waals surface area contributed by atoms with Gasteiger partial charge in [0.2, 0.25) is 0 Å². The van der Waals surface area contributed by atoms with Crippen LogP contribution < -0.4 is 10.6 Å². The first kappa shape index (κ1) is 22.7. The van der Waals surface area contributed by atoms with Gasteiger partial charge < -0.3 is 15.2 Å². The number of rotatable bonds is 3. The monoisotopic (exact) mass is 540 g/mol. The average molecular weight is 541 g/mol. The molecule has 0 fully saturated rings. The topological polar surface area (TPSA) is 76.0 Å². The van der Waals surface area contributed by atoms with Gasteiger partial charge in [-0.25, -0.2) is 4.98 Å². The van der Waals surface area contributed by atoms with Crippen molar-refractivity contribution >= 4 is 55.2 Å². The van der Waals surface area contributed by atoms with Crippen molar-refractivity contribution < 1.29 is 9.59 Å². The van der Waals surface area contributed by atoms with Crippen LogP contribution in [0.25, 0.3) is 21.8 Å². The van der Waals surface area contributed by atoms with E-state index in [0.717, 1.165) is 43.2 Å². The Kier molecular flexibility index (Phi) is 5.52. The lowest BCUT2D eigenvalue weighted by Crippen LogP contribution is -2.41. The number of fused-ring (bicyclic) bond motifs is 4. The number of anilines is 1. The Balaban J connectivity index is 1.51. The first-order chi connectivity index (χ1) is 17.4. The van der Waals surface area contributed by atoms with Crippen LogP contribution in [-0.4, -0.2) is 21.2 Å². The Bertz CT molecular complexity index is 1610. The zero-order valence-corrected chi connectivity index (χ0v) is 21.6. The van der Waals surface area contributed by atoms with Gasteiger partial charge in [-0.2, -0.15) is 0 Å². The molecular weight excluding hydrogens is 516 g/mol. The summed E-state index contributed by atoms with van der Waals surface area (Å²) in [4.78, 5) is 31.3. The average Bonchev–Trinajstić information content (AvgIpc) is 3.16. The number of allylic oxidation sites excluding steroid dienone is 3. The fourth-order valence-electron chi connectivity index (χ4n) is 5.69. The molecule has 0 spiro atoms. The van der Waals surface area contributed by atoms with Crippen molar-refractivity contribution in [3.05, 3.63) is 93.9 Å². The Hall–Kier alpha value is -3.71. The van der Waals surface area contributed by atoms with Gasteiger partial charge >= 0.3 is 0 Å². The van der Waals surface area contributed by atoms with Crippen LogP contribution in [-0.2, 0) is 16.6 Å². The highest BCUT2D eigenvalue weighted by Gasteiger charge is 2.43. The van der Waals surface area contributed by atoms with Crippen LogP contribution in [0.1, 0.15) is 31.2 Å². The van der Waals surface area contributed by atoms with Gasteiger partial charge in [-0.05, 0) is 65.2 Å². The summed E-state index contributed by atoms with van der Waals surface area (Å²) in [7, 11) is 2.06. The molecule has 1 amide bonds. The molecule has 180 valence electrons. The number of aryl methyl sites for hydroxylation is 1.